The fourth-order valence-corrected chi connectivity index (χ4v) is 2.77. The number of aromatic nitrogens is 3. The zero-order valence-electron chi connectivity index (χ0n) is 11.6. The van der Waals surface area contributed by atoms with Crippen LogP contribution in [0.15, 0.2) is 54.2 Å². The van der Waals surface area contributed by atoms with Gasteiger partial charge in [-0.15, -0.1) is 11.3 Å². The molecule has 0 aromatic carbocycles. The molecule has 4 nitrogen and oxygen atoms in total. The van der Waals surface area contributed by atoms with E-state index in [0.717, 1.165) is 41.6 Å². The van der Waals surface area contributed by atoms with E-state index in [1.54, 1.807) is 17.5 Å². The molecule has 3 heterocycles. The summed E-state index contributed by atoms with van der Waals surface area (Å²) in [6.45, 7) is 1.67. The van der Waals surface area contributed by atoms with Gasteiger partial charge in [-0.05, 0) is 24.3 Å². The normalized spacial score (nSPS) is 10.7. The lowest BCUT2D eigenvalue weighted by atomic mass is 10.3. The molecule has 106 valence electrons. The third kappa shape index (κ3) is 3.93. The Hall–Kier alpha value is -2.11. The van der Waals surface area contributed by atoms with E-state index in [-0.39, 0.29) is 0 Å². The van der Waals surface area contributed by atoms with Crippen molar-refractivity contribution in [2.24, 2.45) is 0 Å². The first-order valence-electron chi connectivity index (χ1n) is 6.88. The molecule has 0 saturated carbocycles. The molecular weight excluding hydrogens is 280 g/mol. The highest BCUT2D eigenvalue weighted by Crippen LogP contribution is 2.21. The van der Waals surface area contributed by atoms with Gasteiger partial charge in [-0.25, -0.2) is 4.98 Å². The smallest absolute Gasteiger partial charge is 0.142 e. The molecule has 0 unspecified atom stereocenters. The number of pyridine rings is 2. The van der Waals surface area contributed by atoms with Gasteiger partial charge in [0.05, 0.1) is 11.4 Å². The lowest BCUT2D eigenvalue weighted by Crippen LogP contribution is -2.17. The highest BCUT2D eigenvalue weighted by Gasteiger charge is 2.05. The van der Waals surface area contributed by atoms with E-state index in [2.05, 4.69) is 25.6 Å². The summed E-state index contributed by atoms with van der Waals surface area (Å²) in [7, 11) is 0. The third-order valence-corrected chi connectivity index (χ3v) is 3.94. The highest BCUT2D eigenvalue weighted by atomic mass is 32.1. The first kappa shape index (κ1) is 13.9. The first-order valence-corrected chi connectivity index (χ1v) is 7.76. The standard InChI is InChI=1S/C16H16N4S/c1-3-8-18-13(5-1)7-10-17-11-14-12-21-16(20-14)15-6-2-4-9-19-15/h1-6,8-9,12,17H,7,10-11H2. The van der Waals surface area contributed by atoms with Crippen molar-refractivity contribution in [2.75, 3.05) is 6.54 Å². The van der Waals surface area contributed by atoms with E-state index < -0.39 is 0 Å². The van der Waals surface area contributed by atoms with Crippen molar-refractivity contribution in [1.82, 2.24) is 20.3 Å². The van der Waals surface area contributed by atoms with Crippen LogP contribution in [-0.4, -0.2) is 21.5 Å². The molecule has 0 bridgehead atoms. The second kappa shape index (κ2) is 7.06. The van der Waals surface area contributed by atoms with Gasteiger partial charge in [0.2, 0.25) is 0 Å². The molecule has 0 amide bonds. The molecule has 0 aliphatic rings. The molecule has 0 saturated heterocycles. The molecule has 0 atom stereocenters. The van der Waals surface area contributed by atoms with Gasteiger partial charge in [-0.3, -0.25) is 9.97 Å². The maximum absolute atomic E-state index is 4.60. The zero-order valence-corrected chi connectivity index (χ0v) is 12.4. The van der Waals surface area contributed by atoms with Crippen molar-refractivity contribution in [2.45, 2.75) is 13.0 Å². The fraction of sp³-hybridized carbons (Fsp3) is 0.188. The van der Waals surface area contributed by atoms with Crippen LogP contribution in [0.5, 0.6) is 0 Å². The van der Waals surface area contributed by atoms with E-state index in [9.17, 15) is 0 Å². The monoisotopic (exact) mass is 296 g/mol. The minimum Gasteiger partial charge on any atom is -0.311 e. The quantitative estimate of drug-likeness (QED) is 0.711. The SMILES string of the molecule is c1ccc(CCNCc2csc(-c3ccccn3)n2)nc1. The Morgan fingerprint density at radius 3 is 2.57 bits per heavy atom. The van der Waals surface area contributed by atoms with Crippen LogP contribution in [0.25, 0.3) is 10.7 Å². The molecule has 3 aromatic rings. The van der Waals surface area contributed by atoms with Gasteiger partial charge in [0.15, 0.2) is 0 Å². The third-order valence-electron chi connectivity index (χ3n) is 3.03. The van der Waals surface area contributed by atoms with E-state index in [4.69, 9.17) is 0 Å². The number of hydrogen-bond donors (Lipinski definition) is 1. The Kier molecular flexibility index (Phi) is 4.66. The van der Waals surface area contributed by atoms with Gasteiger partial charge >= 0.3 is 0 Å². The molecule has 0 aliphatic heterocycles. The summed E-state index contributed by atoms with van der Waals surface area (Å²) < 4.78 is 0. The molecule has 1 N–H and O–H groups in total. The summed E-state index contributed by atoms with van der Waals surface area (Å²) in [5.74, 6) is 0. The van der Waals surface area contributed by atoms with Gasteiger partial charge in [0.25, 0.3) is 0 Å². The number of hydrogen-bond acceptors (Lipinski definition) is 5. The summed E-state index contributed by atoms with van der Waals surface area (Å²) in [4.78, 5) is 13.2. The van der Waals surface area contributed by atoms with Crippen molar-refractivity contribution >= 4 is 11.3 Å². The lowest BCUT2D eigenvalue weighted by molar-refractivity contribution is 0.671. The topological polar surface area (TPSA) is 50.7 Å². The van der Waals surface area contributed by atoms with Gasteiger partial charge in [-0.2, -0.15) is 0 Å². The molecule has 3 aromatic heterocycles. The van der Waals surface area contributed by atoms with Crippen molar-refractivity contribution < 1.29 is 0 Å². The van der Waals surface area contributed by atoms with Crippen molar-refractivity contribution in [3.05, 3.63) is 65.6 Å². The Balaban J connectivity index is 1.49. The predicted octanol–water partition coefficient (Wildman–Crippen LogP) is 2.93. The van der Waals surface area contributed by atoms with Gasteiger partial charge < -0.3 is 5.32 Å². The van der Waals surface area contributed by atoms with Crippen LogP contribution in [0, 0.1) is 0 Å². The summed E-state index contributed by atoms with van der Waals surface area (Å²) in [6.07, 6.45) is 4.55. The summed E-state index contributed by atoms with van der Waals surface area (Å²) in [5, 5.41) is 6.45. The van der Waals surface area contributed by atoms with Crippen molar-refractivity contribution in [3.63, 3.8) is 0 Å². The molecule has 5 heteroatoms. The first-order chi connectivity index (χ1) is 10.4. The summed E-state index contributed by atoms with van der Waals surface area (Å²) in [5.41, 5.74) is 3.10. The Labute approximate surface area is 127 Å². The van der Waals surface area contributed by atoms with Crippen LogP contribution >= 0.6 is 11.3 Å². The summed E-state index contributed by atoms with van der Waals surface area (Å²) >= 11 is 1.63. The van der Waals surface area contributed by atoms with Gasteiger partial charge in [0.1, 0.15) is 5.01 Å². The minimum atomic E-state index is 0.774. The van der Waals surface area contributed by atoms with Crippen LogP contribution in [0.4, 0.5) is 0 Å². The summed E-state index contributed by atoms with van der Waals surface area (Å²) in [6, 6.07) is 11.9. The number of thiazole rings is 1. The zero-order chi connectivity index (χ0) is 14.3. The number of nitrogens with one attached hydrogen (secondary N) is 1. The number of rotatable bonds is 6. The van der Waals surface area contributed by atoms with E-state index in [0.29, 0.717) is 0 Å². The van der Waals surface area contributed by atoms with Gasteiger partial charge in [-0.1, -0.05) is 12.1 Å². The Morgan fingerprint density at radius 2 is 1.81 bits per heavy atom. The van der Waals surface area contributed by atoms with Crippen LogP contribution in [-0.2, 0) is 13.0 Å². The van der Waals surface area contributed by atoms with Crippen molar-refractivity contribution in [3.8, 4) is 10.7 Å². The maximum atomic E-state index is 4.60. The largest absolute Gasteiger partial charge is 0.311 e. The van der Waals surface area contributed by atoms with E-state index in [1.807, 2.05) is 42.6 Å². The Morgan fingerprint density at radius 1 is 0.952 bits per heavy atom. The molecule has 0 radical (unpaired) electrons. The second-order valence-corrected chi connectivity index (χ2v) is 5.46. The van der Waals surface area contributed by atoms with Gasteiger partial charge in [0, 0.05) is 43.0 Å². The molecule has 0 fully saturated rings. The van der Waals surface area contributed by atoms with E-state index in [1.165, 1.54) is 0 Å². The maximum Gasteiger partial charge on any atom is 0.142 e. The van der Waals surface area contributed by atoms with Crippen LogP contribution in [0.2, 0.25) is 0 Å². The molecule has 0 aliphatic carbocycles. The molecular formula is C16H16N4S. The molecule has 0 spiro atoms. The second-order valence-electron chi connectivity index (χ2n) is 4.61. The van der Waals surface area contributed by atoms with Crippen LogP contribution in [0.3, 0.4) is 0 Å². The molecule has 21 heavy (non-hydrogen) atoms. The molecule has 3 rings (SSSR count). The minimum absolute atomic E-state index is 0.774. The Bertz CT molecular complexity index is 667. The van der Waals surface area contributed by atoms with E-state index >= 15 is 0 Å². The van der Waals surface area contributed by atoms with Crippen LogP contribution in [0.1, 0.15) is 11.4 Å². The average Bonchev–Trinajstić information content (AvgIpc) is 3.02. The average molecular weight is 296 g/mol. The lowest BCUT2D eigenvalue weighted by Gasteiger charge is -2.02. The fourth-order valence-electron chi connectivity index (χ4n) is 1.97. The highest BCUT2D eigenvalue weighted by molar-refractivity contribution is 7.13. The predicted molar refractivity (Wildman–Crippen MR) is 85.0 cm³/mol. The van der Waals surface area contributed by atoms with Crippen LogP contribution < -0.4 is 5.32 Å². The number of nitrogens with zero attached hydrogens (tertiary/aromatic N) is 3. The van der Waals surface area contributed by atoms with Crippen molar-refractivity contribution in [1.29, 1.82) is 0 Å².